The van der Waals surface area contributed by atoms with Gasteiger partial charge in [-0.1, -0.05) is 0 Å². The van der Waals surface area contributed by atoms with Gasteiger partial charge in [-0.05, 0) is 55.4 Å². The minimum atomic E-state index is -0.806. The number of pyridine rings is 2. The molecule has 4 aromatic rings. The second kappa shape index (κ2) is 9.29. The molecule has 10 nitrogen and oxygen atoms in total. The summed E-state index contributed by atoms with van der Waals surface area (Å²) in [5.41, 5.74) is 11.3. The lowest BCUT2D eigenvalue weighted by atomic mass is 10.0. The Bertz CT molecular complexity index is 1520. The van der Waals surface area contributed by atoms with Gasteiger partial charge in [0, 0.05) is 36.9 Å². The van der Waals surface area contributed by atoms with Gasteiger partial charge in [-0.25, -0.2) is 8.91 Å². The number of aliphatic hydroxyl groups excluding tert-OH is 1. The molecule has 39 heavy (non-hydrogen) atoms. The zero-order valence-corrected chi connectivity index (χ0v) is 22.0. The third-order valence-electron chi connectivity index (χ3n) is 8.83. The number of hydrogen-bond acceptors (Lipinski definition) is 8. The van der Waals surface area contributed by atoms with Crippen molar-refractivity contribution in [2.75, 3.05) is 20.3 Å². The Morgan fingerprint density at radius 1 is 1.18 bits per heavy atom. The number of hydrogen-bond donors (Lipinski definition) is 2. The summed E-state index contributed by atoms with van der Waals surface area (Å²) >= 11 is 0. The lowest BCUT2D eigenvalue weighted by Gasteiger charge is -2.34. The predicted molar refractivity (Wildman–Crippen MR) is 141 cm³/mol. The van der Waals surface area contributed by atoms with E-state index in [2.05, 4.69) is 26.6 Å². The highest BCUT2D eigenvalue weighted by molar-refractivity contribution is 5.75. The molecule has 0 spiro atoms. The topological polar surface area (TPSA) is 116 Å². The molecule has 0 bridgehead atoms. The Hall–Kier alpha value is -3.54. The highest BCUT2D eigenvalue weighted by Gasteiger charge is 2.55. The molecular weight excluding hydrogens is 501 g/mol. The minimum Gasteiger partial charge on any atom is -0.493 e. The van der Waals surface area contributed by atoms with Gasteiger partial charge < -0.3 is 20.3 Å². The van der Waals surface area contributed by atoms with Crippen LogP contribution in [0.4, 0.5) is 4.39 Å². The van der Waals surface area contributed by atoms with Gasteiger partial charge in [0.1, 0.15) is 5.82 Å². The first-order chi connectivity index (χ1) is 18.9. The highest BCUT2D eigenvalue weighted by atomic mass is 19.1. The molecule has 0 amide bonds. The van der Waals surface area contributed by atoms with E-state index in [0.29, 0.717) is 46.6 Å². The number of halogens is 1. The quantitative estimate of drug-likeness (QED) is 0.373. The van der Waals surface area contributed by atoms with E-state index < -0.39 is 11.9 Å². The number of aliphatic hydroxyl groups is 1. The first-order valence-corrected chi connectivity index (χ1v) is 13.5. The average Bonchev–Trinajstić information content (AvgIpc) is 3.38. The van der Waals surface area contributed by atoms with E-state index in [1.165, 1.54) is 30.7 Å². The number of fused-ring (bicyclic) bond motifs is 3. The van der Waals surface area contributed by atoms with Crippen molar-refractivity contribution >= 4 is 5.52 Å². The Morgan fingerprint density at radius 3 is 2.72 bits per heavy atom. The fourth-order valence-electron chi connectivity index (χ4n) is 6.56. The summed E-state index contributed by atoms with van der Waals surface area (Å²) in [4.78, 5) is 6.71. The van der Waals surface area contributed by atoms with Crippen LogP contribution in [0.3, 0.4) is 0 Å². The van der Waals surface area contributed by atoms with Gasteiger partial charge in [0.25, 0.3) is 0 Å². The molecule has 3 N–H and O–H groups in total. The Kier molecular flexibility index (Phi) is 5.83. The maximum absolute atomic E-state index is 13.5. The molecule has 204 valence electrons. The van der Waals surface area contributed by atoms with Crippen molar-refractivity contribution in [1.29, 1.82) is 0 Å². The molecule has 11 heteroatoms. The molecule has 7 rings (SSSR count). The number of aromatic nitrogens is 5. The molecule has 2 saturated carbocycles. The van der Waals surface area contributed by atoms with Gasteiger partial charge in [0.05, 0.1) is 49.7 Å². The third-order valence-corrected chi connectivity index (χ3v) is 8.83. The number of nitrogens with two attached hydrogens (primary N) is 1. The fraction of sp³-hybridized carbons (Fsp3) is 0.464. The normalized spacial score (nSPS) is 24.9. The summed E-state index contributed by atoms with van der Waals surface area (Å²) in [6.07, 6.45) is 6.26. The van der Waals surface area contributed by atoms with Crippen molar-refractivity contribution in [1.82, 2.24) is 29.3 Å². The molecule has 5 heterocycles. The smallest absolute Gasteiger partial charge is 0.168 e. The van der Waals surface area contributed by atoms with E-state index in [1.54, 1.807) is 17.8 Å². The maximum atomic E-state index is 13.5. The van der Waals surface area contributed by atoms with Crippen LogP contribution >= 0.6 is 0 Å². The number of rotatable bonds is 7. The van der Waals surface area contributed by atoms with Crippen molar-refractivity contribution in [3.05, 3.63) is 59.6 Å². The second-order valence-corrected chi connectivity index (χ2v) is 10.9. The van der Waals surface area contributed by atoms with Crippen LogP contribution in [0.1, 0.15) is 35.9 Å². The molecule has 4 aromatic heterocycles. The maximum Gasteiger partial charge on any atom is 0.168 e. The van der Waals surface area contributed by atoms with Crippen LogP contribution in [0.5, 0.6) is 11.5 Å². The number of methoxy groups -OCH3 is 1. The molecule has 1 aliphatic heterocycles. The van der Waals surface area contributed by atoms with Gasteiger partial charge in [-0.3, -0.25) is 14.6 Å². The van der Waals surface area contributed by atoms with Crippen molar-refractivity contribution in [2.45, 2.75) is 51.0 Å². The average molecular weight is 534 g/mol. The third kappa shape index (κ3) is 4.07. The SMILES string of the molecule is COc1cnn2cc(-c3nn4c(c3C)CN(C3CC5C(N)C5C3)CC4)cc(O[C@H](CO)c3ccc(F)cn3)c12. The summed E-state index contributed by atoms with van der Waals surface area (Å²) in [6, 6.07) is 5.73. The van der Waals surface area contributed by atoms with Crippen LogP contribution in [0.2, 0.25) is 0 Å². The Labute approximate surface area is 225 Å². The number of nitrogens with zero attached hydrogens (tertiary/aromatic N) is 6. The monoisotopic (exact) mass is 533 g/mol. The van der Waals surface area contributed by atoms with E-state index in [9.17, 15) is 9.50 Å². The molecule has 3 aliphatic rings. The van der Waals surface area contributed by atoms with Crippen LogP contribution in [0, 0.1) is 24.6 Å². The van der Waals surface area contributed by atoms with Crippen molar-refractivity contribution in [2.24, 2.45) is 17.6 Å². The molecule has 0 aromatic carbocycles. The van der Waals surface area contributed by atoms with E-state index in [-0.39, 0.29) is 6.61 Å². The van der Waals surface area contributed by atoms with Crippen LogP contribution in [-0.2, 0) is 13.1 Å². The zero-order valence-electron chi connectivity index (χ0n) is 22.0. The van der Waals surface area contributed by atoms with Crippen LogP contribution in [-0.4, -0.2) is 66.7 Å². The first kappa shape index (κ1) is 24.5. The van der Waals surface area contributed by atoms with E-state index in [1.807, 2.05) is 12.3 Å². The van der Waals surface area contributed by atoms with E-state index >= 15 is 0 Å². The fourth-order valence-corrected chi connectivity index (χ4v) is 6.56. The van der Waals surface area contributed by atoms with Gasteiger partial charge in [-0.2, -0.15) is 10.2 Å². The molecular formula is C28H32FN7O3. The zero-order chi connectivity index (χ0) is 26.8. The van der Waals surface area contributed by atoms with Gasteiger partial charge >= 0.3 is 0 Å². The largest absolute Gasteiger partial charge is 0.493 e. The molecule has 0 radical (unpaired) electrons. The van der Waals surface area contributed by atoms with E-state index in [0.717, 1.165) is 42.7 Å². The Morgan fingerprint density at radius 2 is 2.00 bits per heavy atom. The summed E-state index contributed by atoms with van der Waals surface area (Å²) in [7, 11) is 1.57. The van der Waals surface area contributed by atoms with Gasteiger partial charge in [0.15, 0.2) is 23.1 Å². The summed E-state index contributed by atoms with van der Waals surface area (Å²) in [5, 5.41) is 19.6. The first-order valence-electron chi connectivity index (χ1n) is 13.5. The minimum absolute atomic E-state index is 0.340. The van der Waals surface area contributed by atoms with Crippen molar-refractivity contribution < 1.29 is 19.0 Å². The Balaban J connectivity index is 1.23. The lowest BCUT2D eigenvalue weighted by molar-refractivity contribution is 0.114. The van der Waals surface area contributed by atoms with Crippen LogP contribution in [0.25, 0.3) is 16.8 Å². The van der Waals surface area contributed by atoms with Crippen molar-refractivity contribution in [3.63, 3.8) is 0 Å². The summed E-state index contributed by atoms with van der Waals surface area (Å²) in [6.45, 7) is 4.49. The molecule has 0 saturated heterocycles. The highest BCUT2D eigenvalue weighted by Crippen LogP contribution is 2.52. The lowest BCUT2D eigenvalue weighted by Crippen LogP contribution is -2.41. The van der Waals surface area contributed by atoms with E-state index in [4.69, 9.17) is 20.3 Å². The van der Waals surface area contributed by atoms with Crippen molar-refractivity contribution in [3.8, 4) is 22.8 Å². The standard InChI is InChI=1S/C28H32FN7O3/c1-15-22-13-34(18-8-19-20(9-18)26(19)30)5-6-35(22)33-27(15)16-7-23(28-24(38-2)11-32-36(28)12-16)39-25(14-37)21-4-3-17(29)10-31-21/h3-4,7,10-12,18-20,25-26,37H,5-6,8-9,13-14,30H2,1-2H3/t18?,19?,20?,25-,26?/m1/s1. The van der Waals surface area contributed by atoms with Crippen LogP contribution in [0.15, 0.2) is 36.8 Å². The molecule has 2 unspecified atom stereocenters. The number of ether oxygens (including phenoxy) is 2. The van der Waals surface area contributed by atoms with Gasteiger partial charge in [-0.15, -0.1) is 0 Å². The second-order valence-electron chi connectivity index (χ2n) is 10.9. The molecule has 2 aliphatic carbocycles. The molecule has 3 atom stereocenters. The molecule has 2 fully saturated rings. The summed E-state index contributed by atoms with van der Waals surface area (Å²) in [5.74, 6) is 1.96. The predicted octanol–water partition coefficient (Wildman–Crippen LogP) is 2.71. The summed E-state index contributed by atoms with van der Waals surface area (Å²) < 4.78 is 29.1. The van der Waals surface area contributed by atoms with Gasteiger partial charge in [0.2, 0.25) is 0 Å². The van der Waals surface area contributed by atoms with Crippen LogP contribution < -0.4 is 15.2 Å².